The third-order valence-electron chi connectivity index (χ3n) is 5.00. The summed E-state index contributed by atoms with van der Waals surface area (Å²) in [5.41, 5.74) is 1.75. The van der Waals surface area contributed by atoms with Crippen molar-refractivity contribution in [2.24, 2.45) is 5.92 Å². The van der Waals surface area contributed by atoms with Gasteiger partial charge >= 0.3 is 0 Å². The van der Waals surface area contributed by atoms with Crippen LogP contribution in [0.2, 0.25) is 0 Å². The Kier molecular flexibility index (Phi) is 4.24. The maximum Gasteiger partial charge on any atom is 0.269 e. The summed E-state index contributed by atoms with van der Waals surface area (Å²) in [6, 6.07) is 14.4. The van der Waals surface area contributed by atoms with Crippen LogP contribution in [0.5, 0.6) is 0 Å². The molecule has 0 unspecified atom stereocenters. The fourth-order valence-electron chi connectivity index (χ4n) is 3.38. The first-order chi connectivity index (χ1) is 12.6. The first-order valence-electron chi connectivity index (χ1n) is 8.88. The van der Waals surface area contributed by atoms with E-state index in [0.29, 0.717) is 5.82 Å². The summed E-state index contributed by atoms with van der Waals surface area (Å²) in [5, 5.41) is 11.9. The normalized spacial score (nSPS) is 15.3. The Morgan fingerprint density at radius 3 is 2.42 bits per heavy atom. The second-order valence-electron chi connectivity index (χ2n) is 6.86. The van der Waals surface area contributed by atoms with Gasteiger partial charge in [0.25, 0.3) is 5.69 Å². The summed E-state index contributed by atoms with van der Waals surface area (Å²) >= 11 is 0. The summed E-state index contributed by atoms with van der Waals surface area (Å²) in [4.78, 5) is 22.3. The highest BCUT2D eigenvalue weighted by molar-refractivity contribution is 5.91. The highest BCUT2D eigenvalue weighted by atomic mass is 16.6. The number of fused-ring (bicyclic) bond motifs is 1. The summed E-state index contributed by atoms with van der Waals surface area (Å²) in [7, 11) is 0. The van der Waals surface area contributed by atoms with Crippen molar-refractivity contribution < 1.29 is 4.92 Å². The molecular weight excluding hydrogens is 328 g/mol. The van der Waals surface area contributed by atoms with E-state index in [0.717, 1.165) is 54.1 Å². The zero-order valence-corrected chi connectivity index (χ0v) is 14.6. The first-order valence-corrected chi connectivity index (χ1v) is 8.88. The number of nitro groups is 1. The monoisotopic (exact) mass is 348 g/mol. The fourth-order valence-corrected chi connectivity index (χ4v) is 3.38. The second-order valence-corrected chi connectivity index (χ2v) is 6.86. The van der Waals surface area contributed by atoms with Gasteiger partial charge in [-0.25, -0.2) is 9.97 Å². The molecule has 0 amide bonds. The number of piperidine rings is 1. The van der Waals surface area contributed by atoms with Crippen molar-refractivity contribution >= 4 is 22.4 Å². The maximum absolute atomic E-state index is 10.9. The van der Waals surface area contributed by atoms with Crippen molar-refractivity contribution in [2.45, 2.75) is 19.8 Å². The third kappa shape index (κ3) is 3.10. The molecule has 1 fully saturated rings. The van der Waals surface area contributed by atoms with Crippen molar-refractivity contribution in [2.75, 3.05) is 18.0 Å². The fraction of sp³-hybridized carbons (Fsp3) is 0.300. The molecule has 0 N–H and O–H groups in total. The standard InChI is InChI=1S/C20H20N4O2/c1-14-10-12-23(13-11-14)20-17-4-2-3-5-18(17)21-19(22-20)15-6-8-16(9-7-15)24(25)26/h2-9,14H,10-13H2,1H3. The van der Waals surface area contributed by atoms with Crippen LogP contribution in [0.4, 0.5) is 11.5 Å². The number of hydrogen-bond acceptors (Lipinski definition) is 5. The van der Waals surface area contributed by atoms with Crippen LogP contribution < -0.4 is 4.90 Å². The van der Waals surface area contributed by atoms with Crippen LogP contribution >= 0.6 is 0 Å². The van der Waals surface area contributed by atoms with Gasteiger partial charge in [0, 0.05) is 36.2 Å². The van der Waals surface area contributed by atoms with Crippen LogP contribution in [0, 0.1) is 16.0 Å². The van der Waals surface area contributed by atoms with E-state index in [1.54, 1.807) is 12.1 Å². The van der Waals surface area contributed by atoms with Crippen molar-refractivity contribution in [1.82, 2.24) is 9.97 Å². The number of non-ortho nitro benzene ring substituents is 1. The van der Waals surface area contributed by atoms with Crippen molar-refractivity contribution in [1.29, 1.82) is 0 Å². The number of rotatable bonds is 3. The summed E-state index contributed by atoms with van der Waals surface area (Å²) < 4.78 is 0. The van der Waals surface area contributed by atoms with Gasteiger partial charge in [0.15, 0.2) is 5.82 Å². The van der Waals surface area contributed by atoms with Crippen LogP contribution in [-0.4, -0.2) is 28.0 Å². The van der Waals surface area contributed by atoms with Gasteiger partial charge in [-0.2, -0.15) is 0 Å². The molecule has 0 bridgehead atoms. The van der Waals surface area contributed by atoms with Gasteiger partial charge in [-0.3, -0.25) is 10.1 Å². The summed E-state index contributed by atoms with van der Waals surface area (Å²) in [6.45, 7) is 4.27. The molecule has 0 saturated carbocycles. The number of nitrogens with zero attached hydrogens (tertiary/aromatic N) is 4. The quantitative estimate of drug-likeness (QED) is 0.517. The molecule has 2 heterocycles. The Balaban J connectivity index is 1.79. The Hall–Kier alpha value is -3.02. The number of nitro benzene ring substituents is 1. The lowest BCUT2D eigenvalue weighted by Crippen LogP contribution is -2.33. The van der Waals surface area contributed by atoms with Gasteiger partial charge in [0.2, 0.25) is 0 Å². The van der Waals surface area contributed by atoms with Crippen LogP contribution in [-0.2, 0) is 0 Å². The van der Waals surface area contributed by atoms with Crippen molar-refractivity contribution in [3.8, 4) is 11.4 Å². The van der Waals surface area contributed by atoms with Crippen molar-refractivity contribution in [3.63, 3.8) is 0 Å². The van der Waals surface area contributed by atoms with E-state index >= 15 is 0 Å². The van der Waals surface area contributed by atoms with Gasteiger partial charge < -0.3 is 4.90 Å². The van der Waals surface area contributed by atoms with Crippen LogP contribution in [0.3, 0.4) is 0 Å². The van der Waals surface area contributed by atoms with Gasteiger partial charge in [0.1, 0.15) is 5.82 Å². The van der Waals surface area contributed by atoms with E-state index in [4.69, 9.17) is 4.98 Å². The molecule has 132 valence electrons. The van der Waals surface area contributed by atoms with Crippen LogP contribution in [0.15, 0.2) is 48.5 Å². The summed E-state index contributed by atoms with van der Waals surface area (Å²) in [5.74, 6) is 2.30. The van der Waals surface area contributed by atoms with Crippen LogP contribution in [0.1, 0.15) is 19.8 Å². The lowest BCUT2D eigenvalue weighted by atomic mass is 9.99. The number of para-hydroxylation sites is 1. The molecule has 1 saturated heterocycles. The SMILES string of the molecule is CC1CCN(c2nc(-c3ccc([N+](=O)[O-])cc3)nc3ccccc23)CC1. The van der Waals surface area contributed by atoms with E-state index in [9.17, 15) is 10.1 Å². The molecule has 6 nitrogen and oxygen atoms in total. The number of aromatic nitrogens is 2. The predicted octanol–water partition coefficient (Wildman–Crippen LogP) is 4.44. The van der Waals surface area contributed by atoms with Crippen molar-refractivity contribution in [3.05, 3.63) is 58.6 Å². The van der Waals surface area contributed by atoms with Gasteiger partial charge in [0.05, 0.1) is 10.4 Å². The minimum Gasteiger partial charge on any atom is -0.356 e. The molecule has 2 aromatic carbocycles. The predicted molar refractivity (Wildman–Crippen MR) is 102 cm³/mol. The molecule has 1 aliphatic rings. The highest BCUT2D eigenvalue weighted by Gasteiger charge is 2.20. The number of hydrogen-bond donors (Lipinski definition) is 0. The Labute approximate surface area is 151 Å². The van der Waals surface area contributed by atoms with E-state index < -0.39 is 4.92 Å². The number of benzene rings is 2. The lowest BCUT2D eigenvalue weighted by molar-refractivity contribution is -0.384. The van der Waals surface area contributed by atoms with E-state index in [1.807, 2.05) is 18.2 Å². The smallest absolute Gasteiger partial charge is 0.269 e. The highest BCUT2D eigenvalue weighted by Crippen LogP contribution is 2.30. The molecule has 0 aliphatic carbocycles. The molecule has 0 atom stereocenters. The average Bonchev–Trinajstić information content (AvgIpc) is 2.68. The Morgan fingerprint density at radius 2 is 1.73 bits per heavy atom. The molecule has 3 aromatic rings. The Morgan fingerprint density at radius 1 is 1.04 bits per heavy atom. The zero-order chi connectivity index (χ0) is 18.1. The molecule has 0 spiro atoms. The third-order valence-corrected chi connectivity index (χ3v) is 5.00. The lowest BCUT2D eigenvalue weighted by Gasteiger charge is -2.32. The molecule has 1 aliphatic heterocycles. The maximum atomic E-state index is 10.9. The molecule has 1 aromatic heterocycles. The molecule has 26 heavy (non-hydrogen) atoms. The van der Waals surface area contributed by atoms with E-state index in [2.05, 4.69) is 22.9 Å². The summed E-state index contributed by atoms with van der Waals surface area (Å²) in [6.07, 6.45) is 2.32. The van der Waals surface area contributed by atoms with E-state index in [-0.39, 0.29) is 5.69 Å². The molecular formula is C20H20N4O2. The minimum absolute atomic E-state index is 0.0692. The minimum atomic E-state index is -0.397. The first kappa shape index (κ1) is 16.4. The molecule has 6 heteroatoms. The van der Waals surface area contributed by atoms with Gasteiger partial charge in [-0.1, -0.05) is 19.1 Å². The largest absolute Gasteiger partial charge is 0.356 e. The number of anilines is 1. The average molecular weight is 348 g/mol. The zero-order valence-electron chi connectivity index (χ0n) is 14.6. The topological polar surface area (TPSA) is 72.2 Å². The van der Waals surface area contributed by atoms with E-state index in [1.165, 1.54) is 12.1 Å². The second kappa shape index (κ2) is 6.71. The molecule has 0 radical (unpaired) electrons. The van der Waals surface area contributed by atoms with Gasteiger partial charge in [-0.05, 0) is 43.0 Å². The molecule has 4 rings (SSSR count). The van der Waals surface area contributed by atoms with Crippen LogP contribution in [0.25, 0.3) is 22.3 Å². The Bertz CT molecular complexity index is 948. The van der Waals surface area contributed by atoms with Gasteiger partial charge in [-0.15, -0.1) is 0 Å².